The Morgan fingerprint density at radius 1 is 0.571 bits per heavy atom. The minimum absolute atomic E-state index is 0.205. The molecule has 0 amide bonds. The predicted octanol–water partition coefficient (Wildman–Crippen LogP) is 19.0. The van der Waals surface area contributed by atoms with Crippen molar-refractivity contribution in [2.45, 2.75) is 94.4 Å². The highest BCUT2D eigenvalue weighted by molar-refractivity contribution is 5.78. The van der Waals surface area contributed by atoms with E-state index in [0.717, 1.165) is 12.0 Å². The first-order valence-electron chi connectivity index (χ1n) is 22.6. The Balaban J connectivity index is 0.000000482. The van der Waals surface area contributed by atoms with Crippen LogP contribution in [0.4, 0.5) is 0 Å². The molecular weight excluding hydrogens is 757 g/mol. The lowest BCUT2D eigenvalue weighted by atomic mass is 9.86. The molecule has 63 heavy (non-hydrogen) atoms. The molecule has 0 aliphatic carbocycles. The quantitative estimate of drug-likeness (QED) is 0.0953. The van der Waals surface area contributed by atoms with E-state index in [-0.39, 0.29) is 5.41 Å². The van der Waals surface area contributed by atoms with Gasteiger partial charge < -0.3 is 0 Å². The molecule has 0 aliphatic rings. The third-order valence-electron chi connectivity index (χ3n) is 9.53. The van der Waals surface area contributed by atoms with Crippen molar-refractivity contribution in [2.75, 3.05) is 0 Å². The SMILES string of the molecule is C=C.C=C(c1ccc(C)cc1)c1ccc(Cc2ccc(C(C)(C)C)cc2)cc1.C=C/C=C(\C=C/C(C)C)c1ccc(-c2ccc(C)cc2)cc1.C=Cc1ccccc1.CC.CCC. The molecule has 0 radical (unpaired) electrons. The van der Waals surface area contributed by atoms with E-state index in [1.165, 1.54) is 73.2 Å². The molecule has 0 atom stereocenters. The lowest BCUT2D eigenvalue weighted by Crippen LogP contribution is -2.10. The summed E-state index contributed by atoms with van der Waals surface area (Å²) in [6.07, 6.45) is 12.3. The average Bonchev–Trinajstić information content (AvgIpc) is 3.30. The summed E-state index contributed by atoms with van der Waals surface area (Å²) in [5.41, 5.74) is 16.3. The fourth-order valence-electron chi connectivity index (χ4n) is 5.96. The van der Waals surface area contributed by atoms with Crippen LogP contribution in [-0.4, -0.2) is 0 Å². The normalized spacial score (nSPS) is 10.4. The van der Waals surface area contributed by atoms with Crippen molar-refractivity contribution >= 4 is 17.2 Å². The van der Waals surface area contributed by atoms with E-state index in [1.54, 1.807) is 0 Å². The van der Waals surface area contributed by atoms with Crippen molar-refractivity contribution in [2.24, 2.45) is 5.92 Å². The molecule has 6 aromatic carbocycles. The Hall–Kier alpha value is -6.24. The third kappa shape index (κ3) is 20.9. The van der Waals surface area contributed by atoms with Gasteiger partial charge in [-0.05, 0) is 92.8 Å². The topological polar surface area (TPSA) is 0 Å². The van der Waals surface area contributed by atoms with Crippen LogP contribution in [0.15, 0.2) is 209 Å². The second kappa shape index (κ2) is 30.7. The van der Waals surface area contributed by atoms with Crippen molar-refractivity contribution in [3.8, 4) is 11.1 Å². The maximum atomic E-state index is 4.27. The highest BCUT2D eigenvalue weighted by atomic mass is 14.2. The number of hydrogen-bond acceptors (Lipinski definition) is 0. The Labute approximate surface area is 385 Å². The summed E-state index contributed by atoms with van der Waals surface area (Å²) in [6, 6.07) is 53.7. The summed E-state index contributed by atoms with van der Waals surface area (Å²) in [6.45, 7) is 41.3. The van der Waals surface area contributed by atoms with Gasteiger partial charge in [0.25, 0.3) is 0 Å². The van der Waals surface area contributed by atoms with Gasteiger partial charge in [-0.2, -0.15) is 0 Å². The van der Waals surface area contributed by atoms with Gasteiger partial charge in [0.2, 0.25) is 0 Å². The highest BCUT2D eigenvalue weighted by Gasteiger charge is 2.13. The first-order valence-corrected chi connectivity index (χ1v) is 22.6. The summed E-state index contributed by atoms with van der Waals surface area (Å²) in [5.74, 6) is 0.542. The van der Waals surface area contributed by atoms with Crippen molar-refractivity contribution in [3.05, 3.63) is 259 Å². The first-order chi connectivity index (χ1) is 30.3. The van der Waals surface area contributed by atoms with Crippen LogP contribution in [-0.2, 0) is 11.8 Å². The number of rotatable bonds is 10. The maximum absolute atomic E-state index is 4.27. The molecule has 0 saturated heterocycles. The predicted molar refractivity (Wildman–Crippen MR) is 288 cm³/mol. The Bertz CT molecular complexity index is 2200. The lowest BCUT2D eigenvalue weighted by molar-refractivity contribution is 0.590. The number of allylic oxidation sites excluding steroid dienone is 5. The molecule has 6 aromatic rings. The molecule has 0 aliphatic heterocycles. The molecule has 0 nitrogen and oxygen atoms in total. The molecule has 0 N–H and O–H groups in total. The Kier molecular flexibility index (Phi) is 26.7. The summed E-state index contributed by atoms with van der Waals surface area (Å²) in [7, 11) is 0. The van der Waals surface area contributed by atoms with Gasteiger partial charge in [0.1, 0.15) is 0 Å². The second-order valence-corrected chi connectivity index (χ2v) is 16.4. The van der Waals surface area contributed by atoms with Crippen LogP contribution >= 0.6 is 0 Å². The zero-order chi connectivity index (χ0) is 47.2. The average molecular weight is 835 g/mol. The van der Waals surface area contributed by atoms with Gasteiger partial charge in [-0.3, -0.25) is 0 Å². The van der Waals surface area contributed by atoms with Crippen LogP contribution in [0, 0.1) is 19.8 Å². The van der Waals surface area contributed by atoms with E-state index in [4.69, 9.17) is 0 Å². The molecular formula is C63H78. The summed E-state index contributed by atoms with van der Waals surface area (Å²) >= 11 is 0. The van der Waals surface area contributed by atoms with Gasteiger partial charge in [0.15, 0.2) is 0 Å². The minimum atomic E-state index is 0.205. The molecule has 330 valence electrons. The van der Waals surface area contributed by atoms with Gasteiger partial charge in [0.05, 0.1) is 0 Å². The molecule has 0 heteroatoms. The second-order valence-electron chi connectivity index (χ2n) is 16.4. The molecule has 6 rings (SSSR count). The van der Waals surface area contributed by atoms with E-state index in [2.05, 4.69) is 235 Å². The molecule has 0 fully saturated rings. The zero-order valence-corrected chi connectivity index (χ0v) is 40.8. The van der Waals surface area contributed by atoms with Crippen LogP contribution in [0.25, 0.3) is 28.3 Å². The summed E-state index contributed by atoms with van der Waals surface area (Å²) in [5, 5.41) is 0. The Morgan fingerprint density at radius 2 is 0.968 bits per heavy atom. The molecule has 0 heterocycles. The van der Waals surface area contributed by atoms with Crippen LogP contribution in [0.2, 0.25) is 0 Å². The van der Waals surface area contributed by atoms with E-state index in [1.807, 2.05) is 56.3 Å². The monoisotopic (exact) mass is 835 g/mol. The fourth-order valence-corrected chi connectivity index (χ4v) is 5.96. The number of benzene rings is 6. The van der Waals surface area contributed by atoms with E-state index in [9.17, 15) is 0 Å². The van der Waals surface area contributed by atoms with Crippen molar-refractivity contribution in [3.63, 3.8) is 0 Å². The minimum Gasteiger partial charge on any atom is -0.106 e. The molecule has 0 spiro atoms. The first kappa shape index (κ1) is 54.8. The fraction of sp³-hybridized carbons (Fsp3) is 0.238. The molecule has 0 saturated carbocycles. The van der Waals surface area contributed by atoms with E-state index >= 15 is 0 Å². The van der Waals surface area contributed by atoms with E-state index < -0.39 is 0 Å². The van der Waals surface area contributed by atoms with Crippen LogP contribution in [0.5, 0.6) is 0 Å². The van der Waals surface area contributed by atoms with Gasteiger partial charge in [-0.25, -0.2) is 0 Å². The third-order valence-corrected chi connectivity index (χ3v) is 9.53. The van der Waals surface area contributed by atoms with E-state index in [0.29, 0.717) is 5.92 Å². The van der Waals surface area contributed by atoms with Crippen molar-refractivity contribution in [1.29, 1.82) is 0 Å². The van der Waals surface area contributed by atoms with Gasteiger partial charge in [-0.15, -0.1) is 13.2 Å². The smallest absolute Gasteiger partial charge is 0.00258 e. The maximum Gasteiger partial charge on any atom is -0.00258 e. The standard InChI is InChI=1S/C26H28.C22H24.C8H8.C3H8.C2H6.C2H4/c1-19-6-12-23(13-7-19)20(2)24-14-8-21(9-15-24)18-22-10-16-25(17-11-22)26(3,4)5;1-5-6-19(10-7-17(2)3)21-13-15-22(16-14-21)20-11-8-18(4)9-12-20;1-2-8-6-4-3-5-7-8;1-3-2;2*1-2/h6-17H,2,18H2,1,3-5H3;5-17H,1H2,2-4H3;2-7H,1H2;3H2,1-2H3;1-2H3;1-2H2/b;10-7-,19-6+;;;;. The van der Waals surface area contributed by atoms with Crippen molar-refractivity contribution < 1.29 is 0 Å². The summed E-state index contributed by atoms with van der Waals surface area (Å²) < 4.78 is 0. The number of aryl methyl sites for hydroxylation is 2. The zero-order valence-electron chi connectivity index (χ0n) is 40.8. The largest absolute Gasteiger partial charge is 0.106 e. The molecule has 0 bridgehead atoms. The Morgan fingerprint density at radius 3 is 1.37 bits per heavy atom. The molecule has 0 aromatic heterocycles. The van der Waals surface area contributed by atoms with Gasteiger partial charge >= 0.3 is 0 Å². The van der Waals surface area contributed by atoms with Crippen LogP contribution < -0.4 is 0 Å². The lowest BCUT2D eigenvalue weighted by Gasteiger charge is -2.19. The number of hydrogen-bond donors (Lipinski definition) is 0. The highest BCUT2D eigenvalue weighted by Crippen LogP contribution is 2.26. The van der Waals surface area contributed by atoms with Crippen LogP contribution in [0.1, 0.15) is 119 Å². The van der Waals surface area contributed by atoms with Gasteiger partial charge in [0, 0.05) is 0 Å². The van der Waals surface area contributed by atoms with Crippen LogP contribution in [0.3, 0.4) is 0 Å². The van der Waals surface area contributed by atoms with Gasteiger partial charge in [-0.1, -0.05) is 282 Å². The summed E-state index contributed by atoms with van der Waals surface area (Å²) in [4.78, 5) is 0. The molecule has 0 unspecified atom stereocenters. The van der Waals surface area contributed by atoms with Crippen molar-refractivity contribution in [1.82, 2.24) is 0 Å².